The van der Waals surface area contributed by atoms with Crippen LogP contribution in [0.1, 0.15) is 41.6 Å². The Kier molecular flexibility index (Phi) is 3.07. The Labute approximate surface area is 127 Å². The molecule has 0 spiro atoms. The van der Waals surface area contributed by atoms with Crippen LogP contribution >= 0.6 is 27.5 Å². The molecule has 2 aliphatic carbocycles. The molecule has 0 radical (unpaired) electrons. The van der Waals surface area contributed by atoms with E-state index in [0.29, 0.717) is 4.83 Å². The molecular formula is C16H18BrClO. The summed E-state index contributed by atoms with van der Waals surface area (Å²) in [4.78, 5) is 0.411. The van der Waals surface area contributed by atoms with E-state index in [2.05, 4.69) is 28.1 Å². The van der Waals surface area contributed by atoms with E-state index in [1.807, 2.05) is 0 Å². The zero-order chi connectivity index (χ0) is 13.0. The van der Waals surface area contributed by atoms with Gasteiger partial charge in [-0.1, -0.05) is 34.0 Å². The minimum atomic E-state index is 0.411. The van der Waals surface area contributed by atoms with Gasteiger partial charge in [-0.3, -0.25) is 0 Å². The molecule has 1 aliphatic heterocycles. The lowest BCUT2D eigenvalue weighted by molar-refractivity contribution is 0.318. The van der Waals surface area contributed by atoms with Crippen LogP contribution in [0, 0.1) is 17.8 Å². The van der Waals surface area contributed by atoms with E-state index >= 15 is 0 Å². The number of alkyl halides is 1. The zero-order valence-corrected chi connectivity index (χ0v) is 13.2. The number of benzene rings is 1. The van der Waals surface area contributed by atoms with Crippen molar-refractivity contribution in [2.45, 2.75) is 36.9 Å². The molecule has 4 rings (SSSR count). The Balaban J connectivity index is 1.69. The minimum Gasteiger partial charge on any atom is -0.493 e. The summed E-state index contributed by atoms with van der Waals surface area (Å²) in [5.41, 5.74) is 2.58. The molecule has 19 heavy (non-hydrogen) atoms. The number of halogens is 2. The van der Waals surface area contributed by atoms with Gasteiger partial charge in [0.25, 0.3) is 0 Å². The van der Waals surface area contributed by atoms with Gasteiger partial charge in [0.2, 0.25) is 0 Å². The van der Waals surface area contributed by atoms with Crippen LogP contribution in [0.3, 0.4) is 0 Å². The number of hydrogen-bond donors (Lipinski definition) is 0. The Morgan fingerprint density at radius 3 is 2.89 bits per heavy atom. The second-order valence-electron chi connectivity index (χ2n) is 6.32. The molecule has 3 heteroatoms. The molecule has 1 aromatic rings. The number of fused-ring (bicyclic) bond motifs is 3. The first-order valence-electron chi connectivity index (χ1n) is 7.31. The van der Waals surface area contributed by atoms with Crippen LogP contribution in [-0.2, 0) is 6.42 Å². The predicted octanol–water partition coefficient (Wildman–Crippen LogP) is 5.15. The molecule has 3 aliphatic rings. The van der Waals surface area contributed by atoms with Crippen molar-refractivity contribution >= 4 is 27.5 Å². The van der Waals surface area contributed by atoms with Crippen LogP contribution in [0.5, 0.6) is 5.75 Å². The van der Waals surface area contributed by atoms with E-state index in [9.17, 15) is 0 Å². The van der Waals surface area contributed by atoms with E-state index in [4.69, 9.17) is 16.3 Å². The maximum Gasteiger partial charge on any atom is 0.127 e. The Morgan fingerprint density at radius 1 is 1.26 bits per heavy atom. The lowest BCUT2D eigenvalue weighted by Gasteiger charge is -2.28. The van der Waals surface area contributed by atoms with Gasteiger partial charge in [-0.05, 0) is 54.7 Å². The van der Waals surface area contributed by atoms with E-state index in [1.54, 1.807) is 0 Å². The van der Waals surface area contributed by atoms with Gasteiger partial charge >= 0.3 is 0 Å². The summed E-state index contributed by atoms with van der Waals surface area (Å²) in [5.74, 6) is 3.76. The van der Waals surface area contributed by atoms with Crippen molar-refractivity contribution in [3.63, 3.8) is 0 Å². The van der Waals surface area contributed by atoms with Gasteiger partial charge in [0.1, 0.15) is 5.75 Å². The molecule has 0 N–H and O–H groups in total. The molecule has 102 valence electrons. The topological polar surface area (TPSA) is 9.23 Å². The van der Waals surface area contributed by atoms with Gasteiger partial charge < -0.3 is 4.74 Å². The molecule has 4 unspecified atom stereocenters. The lowest BCUT2D eigenvalue weighted by atomic mass is 9.83. The number of ether oxygens (including phenoxy) is 1. The smallest absolute Gasteiger partial charge is 0.127 e. The van der Waals surface area contributed by atoms with Crippen molar-refractivity contribution in [2.75, 3.05) is 6.61 Å². The van der Waals surface area contributed by atoms with Crippen molar-refractivity contribution < 1.29 is 4.74 Å². The first-order valence-corrected chi connectivity index (χ1v) is 8.61. The van der Waals surface area contributed by atoms with Crippen LogP contribution in [0.25, 0.3) is 0 Å². The van der Waals surface area contributed by atoms with Gasteiger partial charge in [0, 0.05) is 21.8 Å². The standard InChI is InChI=1S/C16H18BrClO/c17-15(13-6-9-1-2-10(13)5-9)14-8-12(18)7-11-3-4-19-16(11)14/h7-10,13,15H,1-6H2. The molecule has 0 amide bonds. The van der Waals surface area contributed by atoms with Crippen LogP contribution in [0.2, 0.25) is 5.02 Å². The molecule has 2 saturated carbocycles. The maximum atomic E-state index is 6.28. The van der Waals surface area contributed by atoms with Crippen LogP contribution < -0.4 is 4.74 Å². The van der Waals surface area contributed by atoms with E-state index in [0.717, 1.165) is 41.6 Å². The summed E-state index contributed by atoms with van der Waals surface area (Å²) in [6.45, 7) is 0.805. The van der Waals surface area contributed by atoms with Gasteiger partial charge in [-0.2, -0.15) is 0 Å². The van der Waals surface area contributed by atoms with Gasteiger partial charge in [0.15, 0.2) is 0 Å². The summed E-state index contributed by atoms with van der Waals surface area (Å²) in [6.07, 6.45) is 6.68. The van der Waals surface area contributed by atoms with E-state index in [-0.39, 0.29) is 0 Å². The summed E-state index contributed by atoms with van der Waals surface area (Å²) in [6, 6.07) is 4.17. The SMILES string of the molecule is Clc1cc2c(c(C(Br)C3CC4CCC3C4)c1)OCC2. The van der Waals surface area contributed by atoms with Crippen molar-refractivity contribution in [2.24, 2.45) is 17.8 Å². The fourth-order valence-corrected chi connectivity index (χ4v) is 5.62. The molecule has 1 heterocycles. The van der Waals surface area contributed by atoms with Crippen molar-refractivity contribution in [3.8, 4) is 5.75 Å². The molecule has 2 bridgehead atoms. The highest BCUT2D eigenvalue weighted by atomic mass is 79.9. The number of rotatable bonds is 2. The van der Waals surface area contributed by atoms with Crippen LogP contribution in [0.15, 0.2) is 12.1 Å². The lowest BCUT2D eigenvalue weighted by Crippen LogP contribution is -2.16. The second-order valence-corrected chi connectivity index (χ2v) is 7.75. The minimum absolute atomic E-state index is 0.411. The van der Waals surface area contributed by atoms with Gasteiger partial charge in [-0.25, -0.2) is 0 Å². The molecule has 0 saturated heterocycles. The molecule has 2 fully saturated rings. The normalized spacial score (nSPS) is 33.3. The monoisotopic (exact) mass is 340 g/mol. The van der Waals surface area contributed by atoms with Crippen molar-refractivity contribution in [1.29, 1.82) is 0 Å². The zero-order valence-electron chi connectivity index (χ0n) is 10.9. The highest BCUT2D eigenvalue weighted by Gasteiger charge is 2.43. The summed E-state index contributed by atoms with van der Waals surface area (Å²) in [5, 5.41) is 0.854. The largest absolute Gasteiger partial charge is 0.493 e. The average Bonchev–Trinajstić information content (AvgIpc) is 3.11. The summed E-state index contributed by atoms with van der Waals surface area (Å²) >= 11 is 10.2. The molecule has 1 aromatic carbocycles. The molecule has 0 aromatic heterocycles. The Morgan fingerprint density at radius 2 is 2.16 bits per heavy atom. The van der Waals surface area contributed by atoms with Gasteiger partial charge in [0.05, 0.1) is 6.61 Å². The first-order chi connectivity index (χ1) is 9.22. The third kappa shape index (κ3) is 2.03. The Hall–Kier alpha value is -0.210. The van der Waals surface area contributed by atoms with Crippen LogP contribution in [-0.4, -0.2) is 6.61 Å². The third-order valence-electron chi connectivity index (χ3n) is 5.24. The molecular weight excluding hydrogens is 324 g/mol. The maximum absolute atomic E-state index is 6.28. The average molecular weight is 342 g/mol. The summed E-state index contributed by atoms with van der Waals surface area (Å²) in [7, 11) is 0. The molecule has 1 nitrogen and oxygen atoms in total. The summed E-state index contributed by atoms with van der Waals surface area (Å²) < 4.78 is 5.86. The second kappa shape index (κ2) is 4.66. The third-order valence-corrected chi connectivity index (χ3v) is 6.63. The Bertz CT molecular complexity index is 516. The van der Waals surface area contributed by atoms with Crippen LogP contribution in [0.4, 0.5) is 0 Å². The quantitative estimate of drug-likeness (QED) is 0.676. The van der Waals surface area contributed by atoms with E-state index in [1.165, 1.54) is 36.8 Å². The predicted molar refractivity (Wildman–Crippen MR) is 81.3 cm³/mol. The highest BCUT2D eigenvalue weighted by Crippen LogP contribution is 2.56. The van der Waals surface area contributed by atoms with Gasteiger partial charge in [-0.15, -0.1) is 0 Å². The number of hydrogen-bond acceptors (Lipinski definition) is 1. The first kappa shape index (κ1) is 12.5. The highest BCUT2D eigenvalue weighted by molar-refractivity contribution is 9.09. The fraction of sp³-hybridized carbons (Fsp3) is 0.625. The molecule has 4 atom stereocenters. The van der Waals surface area contributed by atoms with Crippen molar-refractivity contribution in [3.05, 3.63) is 28.3 Å². The van der Waals surface area contributed by atoms with E-state index < -0.39 is 0 Å². The fourth-order valence-electron chi connectivity index (χ4n) is 4.39. The van der Waals surface area contributed by atoms with Crippen molar-refractivity contribution in [1.82, 2.24) is 0 Å².